The Morgan fingerprint density at radius 3 is 1.63 bits per heavy atom. The molecule has 30 heavy (non-hydrogen) atoms. The number of hydrogen-bond donors (Lipinski definition) is 0. The summed E-state index contributed by atoms with van der Waals surface area (Å²) in [6.45, 7) is 6.54. The van der Waals surface area contributed by atoms with E-state index in [4.69, 9.17) is 0 Å². The van der Waals surface area contributed by atoms with Crippen LogP contribution in [0.4, 0.5) is 0 Å². The normalized spacial score (nSPS) is 12.9. The summed E-state index contributed by atoms with van der Waals surface area (Å²) in [6, 6.07) is 28.9. The largest absolute Gasteiger partial charge is 0.307 e. The molecule has 0 spiro atoms. The zero-order valence-corrected chi connectivity index (χ0v) is 18.8. The molecule has 0 aliphatic rings. The van der Waals surface area contributed by atoms with Crippen LogP contribution in [0.3, 0.4) is 0 Å². The SMILES string of the molecule is CC(C)c1ccc(C(=O)C(C[C@@H](C)N(C)C)(c2ccccc2)c2ccccc2)cc1. The van der Waals surface area contributed by atoms with Gasteiger partial charge >= 0.3 is 0 Å². The second-order valence-corrected chi connectivity index (χ2v) is 8.76. The molecule has 0 saturated carbocycles. The molecule has 156 valence electrons. The quantitative estimate of drug-likeness (QED) is 0.413. The highest BCUT2D eigenvalue weighted by molar-refractivity contribution is 6.06. The predicted octanol–water partition coefficient (Wildman–Crippen LogP) is 6.32. The van der Waals surface area contributed by atoms with Crippen LogP contribution in [-0.4, -0.2) is 30.8 Å². The summed E-state index contributed by atoms with van der Waals surface area (Å²) in [6.07, 6.45) is 0.707. The number of carbonyl (C=O) groups is 1. The highest BCUT2D eigenvalue weighted by Gasteiger charge is 2.43. The number of carbonyl (C=O) groups excluding carboxylic acids is 1. The van der Waals surface area contributed by atoms with Gasteiger partial charge in [-0.15, -0.1) is 0 Å². The molecule has 0 unspecified atom stereocenters. The maximum Gasteiger partial charge on any atom is 0.177 e. The molecule has 0 fully saturated rings. The maximum atomic E-state index is 14.3. The first kappa shape index (κ1) is 22.0. The first-order valence-corrected chi connectivity index (χ1v) is 10.8. The van der Waals surface area contributed by atoms with Crippen molar-refractivity contribution in [1.29, 1.82) is 0 Å². The van der Waals surface area contributed by atoms with Crippen LogP contribution >= 0.6 is 0 Å². The molecule has 0 aromatic heterocycles. The second-order valence-electron chi connectivity index (χ2n) is 8.76. The van der Waals surface area contributed by atoms with E-state index >= 15 is 0 Å². The van der Waals surface area contributed by atoms with Crippen molar-refractivity contribution in [2.75, 3.05) is 14.1 Å². The monoisotopic (exact) mass is 399 g/mol. The zero-order valence-electron chi connectivity index (χ0n) is 18.8. The summed E-state index contributed by atoms with van der Waals surface area (Å²) in [4.78, 5) is 16.5. The zero-order chi connectivity index (χ0) is 21.7. The maximum absolute atomic E-state index is 14.3. The number of Topliss-reactive ketones (excluding diaryl/α,β-unsaturated/α-hetero) is 1. The van der Waals surface area contributed by atoms with E-state index in [0.29, 0.717) is 12.3 Å². The van der Waals surface area contributed by atoms with Gasteiger partial charge < -0.3 is 4.90 Å². The molecule has 3 aromatic rings. The molecule has 0 radical (unpaired) electrons. The minimum atomic E-state index is -0.744. The van der Waals surface area contributed by atoms with E-state index in [0.717, 1.165) is 16.7 Å². The van der Waals surface area contributed by atoms with Gasteiger partial charge in [0.05, 0.1) is 5.41 Å². The topological polar surface area (TPSA) is 20.3 Å². The Morgan fingerprint density at radius 1 is 0.767 bits per heavy atom. The van der Waals surface area contributed by atoms with Crippen molar-refractivity contribution < 1.29 is 4.79 Å². The molecule has 3 aromatic carbocycles. The molecule has 3 rings (SSSR count). The van der Waals surface area contributed by atoms with E-state index in [2.05, 4.69) is 76.2 Å². The average molecular weight is 400 g/mol. The lowest BCUT2D eigenvalue weighted by Crippen LogP contribution is -2.43. The summed E-state index contributed by atoms with van der Waals surface area (Å²) in [5.74, 6) is 0.597. The molecule has 0 bridgehead atoms. The van der Waals surface area contributed by atoms with Crippen LogP contribution in [0.5, 0.6) is 0 Å². The van der Waals surface area contributed by atoms with Gasteiger partial charge in [0.25, 0.3) is 0 Å². The second kappa shape index (κ2) is 9.40. The van der Waals surface area contributed by atoms with Crippen molar-refractivity contribution in [2.45, 2.75) is 44.6 Å². The molecular weight excluding hydrogens is 366 g/mol. The standard InChI is InChI=1S/C28H33NO/c1-21(2)23-16-18-24(19-17-23)27(30)28(20-22(3)29(4)5,25-12-8-6-9-13-25)26-14-10-7-11-15-26/h6-19,21-22H,20H2,1-5H3/t22-/m1/s1. The molecule has 0 amide bonds. The van der Waals surface area contributed by atoms with Gasteiger partial charge in [-0.05, 0) is 50.0 Å². The first-order chi connectivity index (χ1) is 14.4. The van der Waals surface area contributed by atoms with Crippen LogP contribution in [0.1, 0.15) is 60.2 Å². The molecule has 0 aliphatic heterocycles. The number of ketones is 1. The van der Waals surface area contributed by atoms with Gasteiger partial charge in [-0.3, -0.25) is 4.79 Å². The van der Waals surface area contributed by atoms with E-state index in [-0.39, 0.29) is 11.8 Å². The van der Waals surface area contributed by atoms with Crippen LogP contribution in [0, 0.1) is 0 Å². The summed E-state index contributed by atoms with van der Waals surface area (Å²) in [7, 11) is 4.15. The Kier molecular flexibility index (Phi) is 6.89. The van der Waals surface area contributed by atoms with Crippen molar-refractivity contribution in [1.82, 2.24) is 4.90 Å². The smallest absolute Gasteiger partial charge is 0.177 e. The molecule has 2 heteroatoms. The van der Waals surface area contributed by atoms with Gasteiger partial charge in [-0.1, -0.05) is 98.8 Å². The summed E-state index contributed by atoms with van der Waals surface area (Å²) < 4.78 is 0. The summed E-state index contributed by atoms with van der Waals surface area (Å²) >= 11 is 0. The van der Waals surface area contributed by atoms with Gasteiger partial charge in [0, 0.05) is 11.6 Å². The van der Waals surface area contributed by atoms with Gasteiger partial charge in [-0.25, -0.2) is 0 Å². The Balaban J connectivity index is 2.22. The Labute approximate surface area is 181 Å². The fourth-order valence-electron chi connectivity index (χ4n) is 4.09. The van der Waals surface area contributed by atoms with E-state index in [1.165, 1.54) is 5.56 Å². The molecule has 0 heterocycles. The Hall–Kier alpha value is -2.71. The molecule has 0 N–H and O–H groups in total. The third-order valence-corrected chi connectivity index (χ3v) is 6.24. The summed E-state index contributed by atoms with van der Waals surface area (Å²) in [5, 5.41) is 0. The van der Waals surface area contributed by atoms with Crippen LogP contribution in [0.15, 0.2) is 84.9 Å². The van der Waals surface area contributed by atoms with E-state index in [1.807, 2.05) is 48.5 Å². The van der Waals surface area contributed by atoms with E-state index in [9.17, 15) is 4.79 Å². The van der Waals surface area contributed by atoms with Crippen molar-refractivity contribution in [3.63, 3.8) is 0 Å². The van der Waals surface area contributed by atoms with Crippen molar-refractivity contribution >= 4 is 5.78 Å². The predicted molar refractivity (Wildman–Crippen MR) is 126 cm³/mol. The Morgan fingerprint density at radius 2 is 1.23 bits per heavy atom. The van der Waals surface area contributed by atoms with Crippen LogP contribution in [0.2, 0.25) is 0 Å². The third-order valence-electron chi connectivity index (χ3n) is 6.24. The molecule has 1 atom stereocenters. The molecule has 0 saturated heterocycles. The average Bonchev–Trinajstić information content (AvgIpc) is 2.78. The molecule has 2 nitrogen and oxygen atoms in total. The van der Waals surface area contributed by atoms with Gasteiger partial charge in [0.2, 0.25) is 0 Å². The Bertz CT molecular complexity index is 903. The van der Waals surface area contributed by atoms with Gasteiger partial charge in [0.1, 0.15) is 0 Å². The fraction of sp³-hybridized carbons (Fsp3) is 0.321. The lowest BCUT2D eigenvalue weighted by Gasteiger charge is -2.38. The van der Waals surface area contributed by atoms with Crippen molar-refractivity contribution in [2.24, 2.45) is 0 Å². The van der Waals surface area contributed by atoms with Crippen molar-refractivity contribution in [3.8, 4) is 0 Å². The van der Waals surface area contributed by atoms with Gasteiger partial charge in [0.15, 0.2) is 5.78 Å². The minimum Gasteiger partial charge on any atom is -0.307 e. The molecular formula is C28H33NO. The number of hydrogen-bond acceptors (Lipinski definition) is 2. The van der Waals surface area contributed by atoms with E-state index in [1.54, 1.807) is 0 Å². The molecule has 0 aliphatic carbocycles. The van der Waals surface area contributed by atoms with E-state index < -0.39 is 5.41 Å². The van der Waals surface area contributed by atoms with Crippen LogP contribution in [-0.2, 0) is 5.41 Å². The van der Waals surface area contributed by atoms with Gasteiger partial charge in [-0.2, -0.15) is 0 Å². The highest BCUT2D eigenvalue weighted by Crippen LogP contribution is 2.40. The van der Waals surface area contributed by atoms with Crippen molar-refractivity contribution in [3.05, 3.63) is 107 Å². The lowest BCUT2D eigenvalue weighted by atomic mass is 9.66. The number of rotatable bonds is 8. The van der Waals surface area contributed by atoms with Crippen LogP contribution < -0.4 is 0 Å². The summed E-state index contributed by atoms with van der Waals surface area (Å²) in [5.41, 5.74) is 3.35. The third kappa shape index (κ3) is 4.39. The minimum absolute atomic E-state index is 0.156. The fourth-order valence-corrected chi connectivity index (χ4v) is 4.09. The lowest BCUT2D eigenvalue weighted by molar-refractivity contribution is 0.0882. The van der Waals surface area contributed by atoms with Crippen LogP contribution in [0.25, 0.3) is 0 Å². The number of benzene rings is 3. The number of nitrogens with zero attached hydrogens (tertiary/aromatic N) is 1. The first-order valence-electron chi connectivity index (χ1n) is 10.8. The highest BCUT2D eigenvalue weighted by atomic mass is 16.1.